The molecule has 0 fully saturated rings. The summed E-state index contributed by atoms with van der Waals surface area (Å²) in [5.41, 5.74) is 0.518. The largest absolute Gasteiger partial charge is 0.310 e. The third-order valence-corrected chi connectivity index (χ3v) is 6.52. The van der Waals surface area contributed by atoms with Crippen LogP contribution in [0.15, 0.2) is 78.0 Å². The molecule has 0 bridgehead atoms. The number of nitrogens with one attached hydrogen (secondary N) is 1. The Balaban J connectivity index is 1.98. The Morgan fingerprint density at radius 2 is 1.61 bits per heavy atom. The van der Waals surface area contributed by atoms with Crippen LogP contribution in [-0.2, 0) is 14.8 Å². The highest BCUT2D eigenvalue weighted by molar-refractivity contribution is 7.90. The summed E-state index contributed by atoms with van der Waals surface area (Å²) in [6.45, 7) is 5.39. The van der Waals surface area contributed by atoms with Gasteiger partial charge in [-0.15, -0.1) is 0 Å². The Hall–Kier alpha value is -3.52. The van der Waals surface area contributed by atoms with Crippen LogP contribution in [-0.4, -0.2) is 28.3 Å². The smallest absolute Gasteiger partial charge is 0.269 e. The summed E-state index contributed by atoms with van der Waals surface area (Å²) >= 11 is 0. The van der Waals surface area contributed by atoms with Crippen molar-refractivity contribution in [2.24, 2.45) is 5.41 Å². The van der Waals surface area contributed by atoms with Crippen molar-refractivity contribution in [1.29, 1.82) is 0 Å². The Labute approximate surface area is 180 Å². The van der Waals surface area contributed by atoms with E-state index in [1.807, 2.05) is 0 Å². The summed E-state index contributed by atoms with van der Waals surface area (Å²) in [4.78, 5) is 21.4. The molecule has 0 saturated carbocycles. The fourth-order valence-corrected chi connectivity index (χ4v) is 4.65. The third kappa shape index (κ3) is 3.82. The van der Waals surface area contributed by atoms with Gasteiger partial charge in [0.1, 0.15) is 5.82 Å². The van der Waals surface area contributed by atoms with E-state index in [0.29, 0.717) is 22.3 Å². The molecule has 31 heavy (non-hydrogen) atoms. The molecule has 0 aliphatic carbocycles. The van der Waals surface area contributed by atoms with Gasteiger partial charge in [0.05, 0.1) is 10.6 Å². The van der Waals surface area contributed by atoms with E-state index in [4.69, 9.17) is 0 Å². The van der Waals surface area contributed by atoms with Crippen LogP contribution in [0.2, 0.25) is 0 Å². The Bertz CT molecular complexity index is 1370. The van der Waals surface area contributed by atoms with Crippen LogP contribution in [0.4, 0.5) is 5.82 Å². The normalized spacial score (nSPS) is 12.1. The predicted molar refractivity (Wildman–Crippen MR) is 120 cm³/mol. The van der Waals surface area contributed by atoms with E-state index < -0.39 is 15.4 Å². The Morgan fingerprint density at radius 1 is 0.935 bits per heavy atom. The van der Waals surface area contributed by atoms with Gasteiger partial charge in [0.15, 0.2) is 5.65 Å². The summed E-state index contributed by atoms with van der Waals surface area (Å²) in [5, 5.41) is 3.49. The molecule has 158 valence electrons. The third-order valence-electron chi connectivity index (χ3n) is 4.80. The fourth-order valence-electron chi connectivity index (χ4n) is 3.15. The zero-order chi connectivity index (χ0) is 22.2. The van der Waals surface area contributed by atoms with E-state index >= 15 is 0 Å². The number of anilines is 1. The summed E-state index contributed by atoms with van der Waals surface area (Å²) in [7, 11) is -3.96. The van der Waals surface area contributed by atoms with Gasteiger partial charge < -0.3 is 5.32 Å². The number of hydrogen-bond acceptors (Lipinski definition) is 5. The lowest BCUT2D eigenvalue weighted by atomic mass is 9.95. The lowest BCUT2D eigenvalue weighted by molar-refractivity contribution is -0.123. The van der Waals surface area contributed by atoms with Gasteiger partial charge in [-0.2, -0.15) is 0 Å². The summed E-state index contributed by atoms with van der Waals surface area (Å²) in [5.74, 6) is 0.0638. The van der Waals surface area contributed by atoms with Crippen molar-refractivity contribution in [3.8, 4) is 11.3 Å². The van der Waals surface area contributed by atoms with Gasteiger partial charge in [-0.05, 0) is 42.5 Å². The maximum atomic E-state index is 13.6. The first-order valence-electron chi connectivity index (χ1n) is 9.73. The van der Waals surface area contributed by atoms with Crippen LogP contribution in [0.5, 0.6) is 0 Å². The van der Waals surface area contributed by atoms with E-state index in [9.17, 15) is 13.2 Å². The number of benzene rings is 1. The lowest BCUT2D eigenvalue weighted by Crippen LogP contribution is -2.28. The maximum absolute atomic E-state index is 13.6. The van der Waals surface area contributed by atoms with E-state index in [1.165, 1.54) is 3.97 Å². The van der Waals surface area contributed by atoms with Crippen molar-refractivity contribution in [3.63, 3.8) is 0 Å². The van der Waals surface area contributed by atoms with Crippen LogP contribution in [0, 0.1) is 5.41 Å². The highest BCUT2D eigenvalue weighted by Gasteiger charge is 2.27. The van der Waals surface area contributed by atoms with Crippen molar-refractivity contribution >= 4 is 32.8 Å². The second-order valence-corrected chi connectivity index (χ2v) is 9.92. The standard InChI is InChI=1S/C23H22N4O3S/c1-23(2,3)22(28)26-20-18(12-8-13-24-20)19-15-16-9-7-14-25-21(16)27(19)31(29,30)17-10-5-4-6-11-17/h4-15H,1-3H3,(H,24,26,28). The predicted octanol–water partition coefficient (Wildman–Crippen LogP) is 4.32. The summed E-state index contributed by atoms with van der Waals surface area (Å²) < 4.78 is 28.4. The first-order valence-corrected chi connectivity index (χ1v) is 11.2. The number of carbonyl (C=O) groups is 1. The van der Waals surface area contributed by atoms with Crippen LogP contribution >= 0.6 is 0 Å². The molecule has 0 atom stereocenters. The average molecular weight is 435 g/mol. The van der Waals surface area contributed by atoms with Gasteiger partial charge in [0.2, 0.25) is 5.91 Å². The molecule has 0 aliphatic heterocycles. The van der Waals surface area contributed by atoms with Crippen LogP contribution in [0.25, 0.3) is 22.3 Å². The van der Waals surface area contributed by atoms with Crippen LogP contribution in [0.3, 0.4) is 0 Å². The quantitative estimate of drug-likeness (QED) is 0.516. The molecule has 7 nitrogen and oxygen atoms in total. The van der Waals surface area contributed by atoms with Crippen molar-refractivity contribution < 1.29 is 13.2 Å². The first-order chi connectivity index (χ1) is 14.7. The molecule has 0 unspecified atom stereocenters. The summed E-state index contributed by atoms with van der Waals surface area (Å²) in [6.07, 6.45) is 3.10. The minimum Gasteiger partial charge on any atom is -0.310 e. The van der Waals surface area contributed by atoms with Crippen molar-refractivity contribution in [3.05, 3.63) is 73.1 Å². The lowest BCUT2D eigenvalue weighted by Gasteiger charge is -2.19. The number of pyridine rings is 2. The number of rotatable bonds is 4. The van der Waals surface area contributed by atoms with Gasteiger partial charge in [-0.1, -0.05) is 39.0 Å². The SMILES string of the molecule is CC(C)(C)C(=O)Nc1ncccc1-c1cc2cccnc2n1S(=O)(=O)c1ccccc1. The molecular formula is C23H22N4O3S. The monoisotopic (exact) mass is 434 g/mol. The number of fused-ring (bicyclic) bond motifs is 1. The minimum absolute atomic E-state index is 0.142. The number of amides is 1. The molecule has 3 aromatic heterocycles. The summed E-state index contributed by atoms with van der Waals surface area (Å²) in [6, 6.07) is 16.9. The van der Waals surface area contributed by atoms with E-state index in [1.54, 1.807) is 93.8 Å². The number of carbonyl (C=O) groups excluding carboxylic acids is 1. The molecule has 1 amide bonds. The molecule has 0 aliphatic rings. The Kier molecular flexibility index (Phi) is 5.10. The molecule has 1 N–H and O–H groups in total. The van der Waals surface area contributed by atoms with Gasteiger partial charge in [-0.3, -0.25) is 4.79 Å². The number of aromatic nitrogens is 3. The highest BCUT2D eigenvalue weighted by atomic mass is 32.2. The molecule has 8 heteroatoms. The van der Waals surface area contributed by atoms with Gasteiger partial charge in [-0.25, -0.2) is 22.4 Å². The van der Waals surface area contributed by atoms with Crippen molar-refractivity contribution in [1.82, 2.24) is 13.9 Å². The van der Waals surface area contributed by atoms with Crippen LogP contribution < -0.4 is 5.32 Å². The average Bonchev–Trinajstić information content (AvgIpc) is 3.14. The van der Waals surface area contributed by atoms with Crippen molar-refractivity contribution in [2.75, 3.05) is 5.32 Å². The molecule has 3 heterocycles. The van der Waals surface area contributed by atoms with E-state index in [0.717, 1.165) is 0 Å². The zero-order valence-electron chi connectivity index (χ0n) is 17.4. The molecule has 4 aromatic rings. The van der Waals surface area contributed by atoms with Crippen LogP contribution in [0.1, 0.15) is 20.8 Å². The molecule has 0 saturated heterocycles. The zero-order valence-corrected chi connectivity index (χ0v) is 18.2. The van der Waals surface area contributed by atoms with E-state index in [2.05, 4.69) is 15.3 Å². The molecule has 4 rings (SSSR count). The molecule has 0 spiro atoms. The topological polar surface area (TPSA) is 93.9 Å². The van der Waals surface area contributed by atoms with Gasteiger partial charge >= 0.3 is 0 Å². The number of nitrogens with zero attached hydrogens (tertiary/aromatic N) is 3. The van der Waals surface area contributed by atoms with E-state index in [-0.39, 0.29) is 16.6 Å². The second kappa shape index (κ2) is 7.63. The van der Waals surface area contributed by atoms with Gasteiger partial charge in [0.25, 0.3) is 10.0 Å². The van der Waals surface area contributed by atoms with Crippen molar-refractivity contribution in [2.45, 2.75) is 25.7 Å². The first kappa shape index (κ1) is 20.7. The highest BCUT2D eigenvalue weighted by Crippen LogP contribution is 2.34. The maximum Gasteiger partial charge on any atom is 0.269 e. The molecule has 0 radical (unpaired) electrons. The molecule has 1 aromatic carbocycles. The minimum atomic E-state index is -3.96. The second-order valence-electron chi connectivity index (χ2n) is 8.13. The Morgan fingerprint density at radius 3 is 2.32 bits per heavy atom. The van der Waals surface area contributed by atoms with Gasteiger partial charge in [0, 0.05) is 28.8 Å². The fraction of sp³-hybridized carbons (Fsp3) is 0.174. The molecular weight excluding hydrogens is 412 g/mol. The number of hydrogen-bond donors (Lipinski definition) is 1.